The Hall–Kier alpha value is -2.23. The molecule has 1 amide bonds. The first-order valence-corrected chi connectivity index (χ1v) is 6.78. The minimum absolute atomic E-state index is 0.0323. The first kappa shape index (κ1) is 15.2. The van der Waals surface area contributed by atoms with E-state index in [9.17, 15) is 4.79 Å². The second-order valence-electron chi connectivity index (χ2n) is 4.49. The molecule has 0 spiro atoms. The van der Waals surface area contributed by atoms with Crippen LogP contribution in [0.15, 0.2) is 30.0 Å². The van der Waals surface area contributed by atoms with Crippen LogP contribution in [0.25, 0.3) is 0 Å². The van der Waals surface area contributed by atoms with Gasteiger partial charge in [-0.3, -0.25) is 4.79 Å². The molecule has 0 atom stereocenters. The molecule has 1 aliphatic heterocycles. The molecule has 0 unspecified atom stereocenters. The number of morpholine rings is 1. The summed E-state index contributed by atoms with van der Waals surface area (Å²) < 4.78 is 5.21. The van der Waals surface area contributed by atoms with Crippen LogP contribution >= 0.6 is 11.6 Å². The van der Waals surface area contributed by atoms with Crippen LogP contribution in [0.4, 0.5) is 11.4 Å². The van der Waals surface area contributed by atoms with Crippen molar-refractivity contribution in [2.75, 3.05) is 37.4 Å². The van der Waals surface area contributed by atoms with Crippen molar-refractivity contribution < 1.29 is 9.53 Å². The Kier molecular flexibility index (Phi) is 5.04. The standard InChI is InChI=1S/C14H15ClN4O2/c15-12-7-11(1-2-13(12)17)18-14(20)10(8-16)9-19-3-5-21-6-4-19/h1-2,7,9H,3-6,17H2,(H,18,20)/b10-9-. The Balaban J connectivity index is 2.07. The van der Waals surface area contributed by atoms with E-state index in [2.05, 4.69) is 5.32 Å². The minimum Gasteiger partial charge on any atom is -0.398 e. The molecule has 1 saturated heterocycles. The number of nitrogens with one attached hydrogen (secondary N) is 1. The van der Waals surface area contributed by atoms with Crippen LogP contribution in [0.2, 0.25) is 5.02 Å². The maximum atomic E-state index is 12.1. The van der Waals surface area contributed by atoms with E-state index in [1.165, 1.54) is 0 Å². The molecule has 0 saturated carbocycles. The van der Waals surface area contributed by atoms with E-state index >= 15 is 0 Å². The topological polar surface area (TPSA) is 91.4 Å². The maximum Gasteiger partial charge on any atom is 0.267 e. The summed E-state index contributed by atoms with van der Waals surface area (Å²) in [6.45, 7) is 2.49. The predicted octanol–water partition coefficient (Wildman–Crippen LogP) is 1.60. The number of amides is 1. The van der Waals surface area contributed by atoms with E-state index in [1.807, 2.05) is 11.0 Å². The first-order chi connectivity index (χ1) is 10.1. The van der Waals surface area contributed by atoms with Gasteiger partial charge in [-0.1, -0.05) is 11.6 Å². The van der Waals surface area contributed by atoms with Gasteiger partial charge >= 0.3 is 0 Å². The molecule has 7 heteroatoms. The van der Waals surface area contributed by atoms with Crippen LogP contribution in [0.3, 0.4) is 0 Å². The minimum atomic E-state index is -0.482. The third-order valence-corrected chi connectivity index (χ3v) is 3.31. The fourth-order valence-electron chi connectivity index (χ4n) is 1.83. The summed E-state index contributed by atoms with van der Waals surface area (Å²) in [6, 6.07) is 6.67. The molecule has 1 aromatic rings. The van der Waals surface area contributed by atoms with E-state index in [1.54, 1.807) is 24.4 Å². The summed E-state index contributed by atoms with van der Waals surface area (Å²) in [4.78, 5) is 14.0. The summed E-state index contributed by atoms with van der Waals surface area (Å²) in [5.74, 6) is -0.482. The van der Waals surface area contributed by atoms with Gasteiger partial charge in [-0.15, -0.1) is 0 Å². The van der Waals surface area contributed by atoms with Crippen molar-refractivity contribution in [3.63, 3.8) is 0 Å². The molecule has 1 heterocycles. The fraction of sp³-hybridized carbons (Fsp3) is 0.286. The number of rotatable bonds is 3. The number of hydrogen-bond acceptors (Lipinski definition) is 5. The van der Waals surface area contributed by atoms with Gasteiger partial charge in [-0.05, 0) is 18.2 Å². The SMILES string of the molecule is N#C/C(=C/N1CCOCC1)C(=O)Nc1ccc(N)c(Cl)c1. The molecule has 1 aromatic carbocycles. The second kappa shape index (κ2) is 6.97. The van der Waals surface area contributed by atoms with Crippen molar-refractivity contribution in [3.8, 4) is 6.07 Å². The lowest BCUT2D eigenvalue weighted by atomic mass is 10.2. The lowest BCUT2D eigenvalue weighted by Crippen LogP contribution is -2.33. The monoisotopic (exact) mass is 306 g/mol. The van der Waals surface area contributed by atoms with Crippen LogP contribution in [0, 0.1) is 11.3 Å². The molecule has 0 bridgehead atoms. The molecule has 0 radical (unpaired) electrons. The molecule has 1 fully saturated rings. The number of hydrogen-bond donors (Lipinski definition) is 2. The zero-order valence-electron chi connectivity index (χ0n) is 11.3. The number of nitrogens with zero attached hydrogens (tertiary/aromatic N) is 2. The Morgan fingerprint density at radius 2 is 2.19 bits per heavy atom. The predicted molar refractivity (Wildman–Crippen MR) is 80.6 cm³/mol. The number of carbonyl (C=O) groups excluding carboxylic acids is 1. The van der Waals surface area contributed by atoms with E-state index in [0.29, 0.717) is 42.7 Å². The first-order valence-electron chi connectivity index (χ1n) is 6.40. The highest BCUT2D eigenvalue weighted by Gasteiger charge is 2.14. The molecule has 21 heavy (non-hydrogen) atoms. The molecule has 1 aliphatic rings. The van der Waals surface area contributed by atoms with Crippen molar-refractivity contribution in [1.82, 2.24) is 4.90 Å². The van der Waals surface area contributed by atoms with Crippen molar-refractivity contribution >= 4 is 28.9 Å². The van der Waals surface area contributed by atoms with E-state index in [4.69, 9.17) is 27.3 Å². The second-order valence-corrected chi connectivity index (χ2v) is 4.90. The van der Waals surface area contributed by atoms with Crippen molar-refractivity contribution in [1.29, 1.82) is 5.26 Å². The Bertz CT molecular complexity index is 603. The van der Waals surface area contributed by atoms with Gasteiger partial charge in [0.05, 0.1) is 23.9 Å². The molecular formula is C14H15ClN4O2. The number of ether oxygens (including phenoxy) is 1. The maximum absolute atomic E-state index is 12.1. The molecule has 3 N–H and O–H groups in total. The van der Waals surface area contributed by atoms with Gasteiger partial charge < -0.3 is 20.7 Å². The molecular weight excluding hydrogens is 292 g/mol. The molecule has 0 aromatic heterocycles. The highest BCUT2D eigenvalue weighted by molar-refractivity contribution is 6.33. The summed E-state index contributed by atoms with van der Waals surface area (Å²) in [5.41, 5.74) is 6.55. The van der Waals surface area contributed by atoms with Crippen LogP contribution in [-0.4, -0.2) is 37.1 Å². The molecule has 0 aliphatic carbocycles. The third kappa shape index (κ3) is 4.12. The van der Waals surface area contributed by atoms with E-state index in [-0.39, 0.29) is 5.57 Å². The summed E-state index contributed by atoms with van der Waals surface area (Å²) in [7, 11) is 0. The highest BCUT2D eigenvalue weighted by Crippen LogP contribution is 2.22. The van der Waals surface area contributed by atoms with Gasteiger partial charge in [0.15, 0.2) is 0 Å². The van der Waals surface area contributed by atoms with Crippen LogP contribution in [0.1, 0.15) is 0 Å². The van der Waals surface area contributed by atoms with Gasteiger partial charge in [-0.2, -0.15) is 5.26 Å². The van der Waals surface area contributed by atoms with Crippen LogP contribution in [0.5, 0.6) is 0 Å². The molecule has 110 valence electrons. The van der Waals surface area contributed by atoms with Gasteiger partial charge in [0.1, 0.15) is 11.6 Å². The number of nitrogens with two attached hydrogens (primary N) is 1. The van der Waals surface area contributed by atoms with Crippen molar-refractivity contribution in [3.05, 3.63) is 35.0 Å². The zero-order chi connectivity index (χ0) is 15.2. The highest BCUT2D eigenvalue weighted by atomic mass is 35.5. The molecule has 6 nitrogen and oxygen atoms in total. The van der Waals surface area contributed by atoms with Crippen molar-refractivity contribution in [2.45, 2.75) is 0 Å². The molecule has 2 rings (SSSR count). The van der Waals surface area contributed by atoms with Gasteiger partial charge in [0.2, 0.25) is 0 Å². The average molecular weight is 307 g/mol. The largest absolute Gasteiger partial charge is 0.398 e. The van der Waals surface area contributed by atoms with Gasteiger partial charge in [-0.25, -0.2) is 0 Å². The number of halogens is 1. The number of carbonyl (C=O) groups is 1. The Morgan fingerprint density at radius 3 is 2.81 bits per heavy atom. The lowest BCUT2D eigenvalue weighted by Gasteiger charge is -2.25. The average Bonchev–Trinajstić information content (AvgIpc) is 2.49. The number of nitriles is 1. The summed E-state index contributed by atoms with van der Waals surface area (Å²) in [6.07, 6.45) is 1.55. The van der Waals surface area contributed by atoms with Gasteiger partial charge in [0, 0.05) is 25.0 Å². The Morgan fingerprint density at radius 1 is 1.48 bits per heavy atom. The van der Waals surface area contributed by atoms with Gasteiger partial charge in [0.25, 0.3) is 5.91 Å². The zero-order valence-corrected chi connectivity index (χ0v) is 12.1. The number of nitrogen functional groups attached to an aromatic ring is 1. The fourth-order valence-corrected chi connectivity index (χ4v) is 2.01. The van der Waals surface area contributed by atoms with Crippen LogP contribution in [-0.2, 0) is 9.53 Å². The Labute approximate surface area is 127 Å². The summed E-state index contributed by atoms with van der Waals surface area (Å²) >= 11 is 5.89. The van der Waals surface area contributed by atoms with Crippen molar-refractivity contribution in [2.24, 2.45) is 0 Å². The third-order valence-electron chi connectivity index (χ3n) is 2.98. The van der Waals surface area contributed by atoms with E-state index < -0.39 is 5.91 Å². The smallest absolute Gasteiger partial charge is 0.267 e. The lowest BCUT2D eigenvalue weighted by molar-refractivity contribution is -0.112. The number of anilines is 2. The van der Waals surface area contributed by atoms with Crippen LogP contribution < -0.4 is 11.1 Å². The normalized spacial score (nSPS) is 15.4. The number of benzene rings is 1. The summed E-state index contributed by atoms with van der Waals surface area (Å²) in [5, 5.41) is 12.1. The van der Waals surface area contributed by atoms with E-state index in [0.717, 1.165) is 0 Å². The quantitative estimate of drug-likeness (QED) is 0.503.